The molecule has 0 atom stereocenters. The van der Waals surface area contributed by atoms with Crippen LogP contribution in [0.1, 0.15) is 29.8 Å². The van der Waals surface area contributed by atoms with Gasteiger partial charge in [-0.15, -0.1) is 0 Å². The summed E-state index contributed by atoms with van der Waals surface area (Å²) in [5.41, 5.74) is 5.32. The second-order valence-corrected chi connectivity index (χ2v) is 8.81. The first kappa shape index (κ1) is 22.6. The molecule has 5 aromatic rings. The molecular weight excluding hydrogens is 472 g/mol. The number of carbonyl (C=O) groups is 1. The average Bonchev–Trinajstić information content (AvgIpc) is 3.70. The molecule has 0 spiro atoms. The van der Waals surface area contributed by atoms with Crippen LogP contribution in [0.5, 0.6) is 0 Å². The number of aryl methyl sites for hydroxylation is 1. The largest absolute Gasteiger partial charge is 0.423 e. The SMILES string of the molecule is Cc1[nH]nc(C#N)c1-c1nc(-n2cnc3ccc(-c4cnc(N5CCCC5=O)o4)cc32)ccc1CCO. The highest BCUT2D eigenvalue weighted by molar-refractivity contribution is 5.93. The Morgan fingerprint density at radius 3 is 2.92 bits per heavy atom. The quantitative estimate of drug-likeness (QED) is 0.365. The van der Waals surface area contributed by atoms with Crippen molar-refractivity contribution in [1.29, 1.82) is 5.26 Å². The predicted octanol–water partition coefficient (Wildman–Crippen LogP) is 3.31. The van der Waals surface area contributed by atoms with Crippen molar-refractivity contribution in [1.82, 2.24) is 29.7 Å². The van der Waals surface area contributed by atoms with Gasteiger partial charge in [-0.05, 0) is 49.6 Å². The van der Waals surface area contributed by atoms with Crippen molar-refractivity contribution in [3.05, 3.63) is 59.8 Å². The Hall–Kier alpha value is -4.82. The number of fused-ring (bicyclic) bond motifs is 1. The van der Waals surface area contributed by atoms with E-state index in [1.54, 1.807) is 17.4 Å². The minimum atomic E-state index is -0.0492. The van der Waals surface area contributed by atoms with Gasteiger partial charge in [0.2, 0.25) is 5.91 Å². The molecule has 1 aromatic carbocycles. The number of oxazole rings is 1. The Kier molecular flexibility index (Phi) is 5.50. The number of anilines is 1. The zero-order valence-corrected chi connectivity index (χ0v) is 20.0. The molecule has 37 heavy (non-hydrogen) atoms. The summed E-state index contributed by atoms with van der Waals surface area (Å²) in [5, 5.41) is 26.1. The third kappa shape index (κ3) is 3.84. The molecule has 1 aliphatic heterocycles. The van der Waals surface area contributed by atoms with Gasteiger partial charge in [0.15, 0.2) is 11.5 Å². The molecule has 1 saturated heterocycles. The number of nitrogens with zero attached hydrogens (tertiary/aromatic N) is 7. The highest BCUT2D eigenvalue weighted by atomic mass is 16.4. The molecule has 1 amide bonds. The number of nitriles is 1. The van der Waals surface area contributed by atoms with Crippen LogP contribution in [0.4, 0.5) is 6.01 Å². The van der Waals surface area contributed by atoms with E-state index in [9.17, 15) is 15.2 Å². The van der Waals surface area contributed by atoms with E-state index in [0.717, 1.165) is 34.3 Å². The second-order valence-electron chi connectivity index (χ2n) is 8.81. The lowest BCUT2D eigenvalue weighted by molar-refractivity contribution is -0.117. The van der Waals surface area contributed by atoms with Gasteiger partial charge >= 0.3 is 6.01 Å². The Labute approximate surface area is 211 Å². The average molecular weight is 495 g/mol. The van der Waals surface area contributed by atoms with Crippen molar-refractivity contribution >= 4 is 23.0 Å². The normalized spacial score (nSPS) is 13.5. The fourth-order valence-corrected chi connectivity index (χ4v) is 4.67. The number of benzene rings is 1. The maximum Gasteiger partial charge on any atom is 0.304 e. The third-order valence-corrected chi connectivity index (χ3v) is 6.51. The molecule has 2 N–H and O–H groups in total. The molecule has 6 rings (SSSR count). The maximum absolute atomic E-state index is 12.1. The highest BCUT2D eigenvalue weighted by Gasteiger charge is 2.26. The molecule has 0 radical (unpaired) electrons. The Bertz CT molecular complexity index is 1690. The van der Waals surface area contributed by atoms with E-state index in [4.69, 9.17) is 9.40 Å². The van der Waals surface area contributed by atoms with Gasteiger partial charge in [-0.3, -0.25) is 19.4 Å². The molecule has 5 heterocycles. The number of nitrogens with one attached hydrogen (secondary N) is 1. The summed E-state index contributed by atoms with van der Waals surface area (Å²) < 4.78 is 7.78. The summed E-state index contributed by atoms with van der Waals surface area (Å²) in [7, 11) is 0. The zero-order chi connectivity index (χ0) is 25.5. The Morgan fingerprint density at radius 2 is 2.14 bits per heavy atom. The van der Waals surface area contributed by atoms with Crippen LogP contribution < -0.4 is 4.90 Å². The molecule has 0 saturated carbocycles. The zero-order valence-electron chi connectivity index (χ0n) is 20.0. The number of imidazole rings is 1. The van der Waals surface area contributed by atoms with Crippen LogP contribution in [0.2, 0.25) is 0 Å². The fourth-order valence-electron chi connectivity index (χ4n) is 4.67. The number of aliphatic hydroxyl groups is 1. The first-order valence-corrected chi connectivity index (χ1v) is 11.9. The van der Waals surface area contributed by atoms with Crippen LogP contribution in [-0.2, 0) is 11.2 Å². The standard InChI is InChI=1S/C26H22N8O3/c1-15-24(19(12-27)32-31-15)25-16(8-10-35)5-7-22(30-25)34-14-29-18-6-4-17(11-20(18)34)21-13-28-26(37-21)33-9-2-3-23(33)36/h4-7,11,13-14,35H,2-3,8-10H2,1H3,(H,31,32). The number of aliphatic hydroxyl groups excluding tert-OH is 1. The number of aromatic nitrogens is 6. The van der Waals surface area contributed by atoms with E-state index in [1.165, 1.54) is 0 Å². The lowest BCUT2D eigenvalue weighted by Gasteiger charge is -2.12. The molecular formula is C26H22N8O3. The monoisotopic (exact) mass is 494 g/mol. The summed E-state index contributed by atoms with van der Waals surface area (Å²) in [5.74, 6) is 1.16. The lowest BCUT2D eigenvalue weighted by atomic mass is 10.0. The van der Waals surface area contributed by atoms with Crippen molar-refractivity contribution in [3.63, 3.8) is 0 Å². The van der Waals surface area contributed by atoms with Crippen LogP contribution in [0, 0.1) is 18.3 Å². The summed E-state index contributed by atoms with van der Waals surface area (Å²) in [6.07, 6.45) is 4.99. The predicted molar refractivity (Wildman–Crippen MR) is 134 cm³/mol. The Balaban J connectivity index is 1.43. The topological polar surface area (TPSA) is 150 Å². The molecule has 1 aliphatic rings. The second kappa shape index (κ2) is 9.00. The lowest BCUT2D eigenvalue weighted by Crippen LogP contribution is -2.23. The summed E-state index contributed by atoms with van der Waals surface area (Å²) in [4.78, 5) is 27.4. The van der Waals surface area contributed by atoms with Crippen molar-refractivity contribution in [2.24, 2.45) is 0 Å². The summed E-state index contributed by atoms with van der Waals surface area (Å²) in [6, 6.07) is 11.9. The number of amides is 1. The van der Waals surface area contributed by atoms with Gasteiger partial charge in [0.1, 0.15) is 18.2 Å². The van der Waals surface area contributed by atoms with Crippen LogP contribution in [-0.4, -0.2) is 53.9 Å². The molecule has 0 bridgehead atoms. The molecule has 184 valence electrons. The van der Waals surface area contributed by atoms with Crippen molar-refractivity contribution in [3.8, 4) is 34.5 Å². The van der Waals surface area contributed by atoms with E-state index in [0.29, 0.717) is 48.2 Å². The van der Waals surface area contributed by atoms with Gasteiger partial charge in [0.05, 0.1) is 28.5 Å². The van der Waals surface area contributed by atoms with E-state index in [1.807, 2.05) is 41.8 Å². The van der Waals surface area contributed by atoms with Crippen LogP contribution in [0.25, 0.3) is 39.4 Å². The maximum atomic E-state index is 12.1. The molecule has 4 aromatic heterocycles. The highest BCUT2D eigenvalue weighted by Crippen LogP contribution is 2.32. The molecule has 11 nitrogen and oxygen atoms in total. The van der Waals surface area contributed by atoms with E-state index < -0.39 is 0 Å². The summed E-state index contributed by atoms with van der Waals surface area (Å²) in [6.45, 7) is 2.39. The number of aromatic amines is 1. The van der Waals surface area contributed by atoms with Crippen molar-refractivity contribution in [2.45, 2.75) is 26.2 Å². The van der Waals surface area contributed by atoms with E-state index >= 15 is 0 Å². The van der Waals surface area contributed by atoms with Gasteiger partial charge in [0.25, 0.3) is 0 Å². The molecule has 1 fully saturated rings. The number of carbonyl (C=O) groups excluding carboxylic acids is 1. The number of rotatable bonds is 6. The molecule has 0 aliphatic carbocycles. The third-order valence-electron chi connectivity index (χ3n) is 6.51. The van der Waals surface area contributed by atoms with Gasteiger partial charge in [-0.25, -0.2) is 15.0 Å². The van der Waals surface area contributed by atoms with Gasteiger partial charge in [-0.1, -0.05) is 6.07 Å². The van der Waals surface area contributed by atoms with E-state index in [2.05, 4.69) is 26.2 Å². The first-order chi connectivity index (χ1) is 18.1. The van der Waals surface area contributed by atoms with Gasteiger partial charge < -0.3 is 9.52 Å². The van der Waals surface area contributed by atoms with Crippen molar-refractivity contribution in [2.75, 3.05) is 18.1 Å². The summed E-state index contributed by atoms with van der Waals surface area (Å²) >= 11 is 0. The Morgan fingerprint density at radius 1 is 1.24 bits per heavy atom. The molecule has 11 heteroatoms. The van der Waals surface area contributed by atoms with Crippen LogP contribution in [0.3, 0.4) is 0 Å². The minimum absolute atomic E-state index is 0.0147. The van der Waals surface area contributed by atoms with Crippen molar-refractivity contribution < 1.29 is 14.3 Å². The smallest absolute Gasteiger partial charge is 0.304 e. The van der Waals surface area contributed by atoms with Crippen LogP contribution in [0.15, 0.2) is 47.3 Å². The number of hydrogen-bond donors (Lipinski definition) is 2. The molecule has 0 unspecified atom stereocenters. The first-order valence-electron chi connectivity index (χ1n) is 11.9. The van der Waals surface area contributed by atoms with Gasteiger partial charge in [-0.2, -0.15) is 10.4 Å². The van der Waals surface area contributed by atoms with E-state index in [-0.39, 0.29) is 18.2 Å². The minimum Gasteiger partial charge on any atom is -0.423 e. The van der Waals surface area contributed by atoms with Gasteiger partial charge in [0, 0.05) is 30.8 Å². The number of pyridine rings is 1. The number of H-pyrrole nitrogens is 1. The number of hydrogen-bond acceptors (Lipinski definition) is 8. The van der Waals surface area contributed by atoms with Crippen LogP contribution >= 0.6 is 0 Å². The fraction of sp³-hybridized carbons (Fsp3) is 0.231.